The fourth-order valence-electron chi connectivity index (χ4n) is 2.31. The van der Waals surface area contributed by atoms with Gasteiger partial charge in [-0.15, -0.1) is 0 Å². The van der Waals surface area contributed by atoms with Crippen LogP contribution in [0.4, 0.5) is 0 Å². The van der Waals surface area contributed by atoms with Gasteiger partial charge in [0.2, 0.25) is 0 Å². The van der Waals surface area contributed by atoms with Crippen molar-refractivity contribution in [2.75, 3.05) is 13.1 Å². The summed E-state index contributed by atoms with van der Waals surface area (Å²) < 4.78 is 1.12. The fourth-order valence-corrected chi connectivity index (χ4v) is 2.57. The van der Waals surface area contributed by atoms with Gasteiger partial charge in [-0.05, 0) is 37.1 Å². The molecule has 2 aromatic carbocycles. The molecule has 2 nitrogen and oxygen atoms in total. The van der Waals surface area contributed by atoms with Crippen LogP contribution < -0.4 is 10.6 Å². The predicted octanol–water partition coefficient (Wildman–Crippen LogP) is 4.45. The lowest BCUT2D eigenvalue weighted by molar-refractivity contribution is 0.511. The van der Waals surface area contributed by atoms with Crippen molar-refractivity contribution in [3.8, 4) is 0 Å². The monoisotopic (exact) mass is 346 g/mol. The summed E-state index contributed by atoms with van der Waals surface area (Å²) in [7, 11) is 0. The minimum atomic E-state index is 0.368. The van der Waals surface area contributed by atoms with Crippen molar-refractivity contribution >= 4 is 15.9 Å². The van der Waals surface area contributed by atoms with Crippen LogP contribution in [0.1, 0.15) is 37.1 Å². The van der Waals surface area contributed by atoms with Crippen molar-refractivity contribution in [3.63, 3.8) is 0 Å². The van der Waals surface area contributed by atoms with E-state index in [9.17, 15) is 0 Å². The normalized spacial score (nSPS) is 13.9. The first kappa shape index (κ1) is 16.2. The van der Waals surface area contributed by atoms with Crippen LogP contribution in [0.15, 0.2) is 59.1 Å². The lowest BCUT2D eigenvalue weighted by Gasteiger charge is -2.17. The van der Waals surface area contributed by atoms with Gasteiger partial charge < -0.3 is 10.6 Å². The van der Waals surface area contributed by atoms with E-state index in [0.717, 1.165) is 17.6 Å². The molecule has 0 saturated heterocycles. The van der Waals surface area contributed by atoms with Crippen LogP contribution >= 0.6 is 15.9 Å². The topological polar surface area (TPSA) is 24.1 Å². The highest BCUT2D eigenvalue weighted by molar-refractivity contribution is 9.10. The zero-order valence-corrected chi connectivity index (χ0v) is 14.2. The Morgan fingerprint density at radius 3 is 1.76 bits per heavy atom. The highest BCUT2D eigenvalue weighted by atomic mass is 79.9. The highest BCUT2D eigenvalue weighted by Crippen LogP contribution is 2.16. The van der Waals surface area contributed by atoms with Crippen LogP contribution in [0.25, 0.3) is 0 Å². The van der Waals surface area contributed by atoms with Crippen molar-refractivity contribution in [2.45, 2.75) is 25.9 Å². The molecule has 3 heteroatoms. The molecule has 2 atom stereocenters. The summed E-state index contributed by atoms with van der Waals surface area (Å²) in [5.41, 5.74) is 2.65. The average Bonchev–Trinajstić information content (AvgIpc) is 2.52. The van der Waals surface area contributed by atoms with E-state index in [0.29, 0.717) is 12.1 Å². The maximum atomic E-state index is 3.55. The summed E-state index contributed by atoms with van der Waals surface area (Å²) in [6.07, 6.45) is 0. The van der Waals surface area contributed by atoms with Crippen LogP contribution in [-0.4, -0.2) is 13.1 Å². The number of halogens is 1. The SMILES string of the molecule is C[C@@H](NCCN[C@H](C)c1ccc(Br)cc1)c1ccccc1. The molecule has 0 fully saturated rings. The Morgan fingerprint density at radius 2 is 1.24 bits per heavy atom. The predicted molar refractivity (Wildman–Crippen MR) is 93.4 cm³/mol. The van der Waals surface area contributed by atoms with Gasteiger partial charge in [0.15, 0.2) is 0 Å². The molecule has 0 unspecified atom stereocenters. The molecule has 0 amide bonds. The Hall–Kier alpha value is -1.16. The molecule has 0 aliphatic rings. The number of rotatable bonds is 7. The molecule has 2 aromatic rings. The Bertz CT molecular complexity index is 525. The Kier molecular flexibility index (Phi) is 6.43. The van der Waals surface area contributed by atoms with E-state index >= 15 is 0 Å². The number of hydrogen-bond donors (Lipinski definition) is 2. The Balaban J connectivity index is 1.71. The van der Waals surface area contributed by atoms with Crippen molar-refractivity contribution < 1.29 is 0 Å². The average molecular weight is 347 g/mol. The maximum Gasteiger partial charge on any atom is 0.0292 e. The van der Waals surface area contributed by atoms with E-state index in [1.165, 1.54) is 11.1 Å². The minimum Gasteiger partial charge on any atom is -0.309 e. The molecule has 0 bridgehead atoms. The fraction of sp³-hybridized carbons (Fsp3) is 0.333. The second-order valence-electron chi connectivity index (χ2n) is 5.31. The molecule has 21 heavy (non-hydrogen) atoms. The molecule has 0 aromatic heterocycles. The molecule has 0 heterocycles. The van der Waals surface area contributed by atoms with Crippen molar-refractivity contribution in [1.29, 1.82) is 0 Å². The molecule has 2 rings (SSSR count). The van der Waals surface area contributed by atoms with Crippen LogP contribution in [0, 0.1) is 0 Å². The van der Waals surface area contributed by atoms with E-state index in [4.69, 9.17) is 0 Å². The number of nitrogens with one attached hydrogen (secondary N) is 2. The molecular weight excluding hydrogens is 324 g/mol. The van der Waals surface area contributed by atoms with Crippen LogP contribution in [-0.2, 0) is 0 Å². The van der Waals surface area contributed by atoms with Gasteiger partial charge >= 0.3 is 0 Å². The van der Waals surface area contributed by atoms with Crippen molar-refractivity contribution in [2.24, 2.45) is 0 Å². The van der Waals surface area contributed by atoms with E-state index < -0.39 is 0 Å². The third-order valence-corrected chi connectivity index (χ3v) is 4.22. The van der Waals surface area contributed by atoms with Gasteiger partial charge in [0.25, 0.3) is 0 Å². The largest absolute Gasteiger partial charge is 0.309 e. The summed E-state index contributed by atoms with van der Waals surface area (Å²) >= 11 is 3.47. The van der Waals surface area contributed by atoms with Gasteiger partial charge in [-0.2, -0.15) is 0 Å². The Labute approximate surface area is 136 Å². The first-order chi connectivity index (χ1) is 10.2. The third-order valence-electron chi connectivity index (χ3n) is 3.70. The Morgan fingerprint density at radius 1 is 0.762 bits per heavy atom. The lowest BCUT2D eigenvalue weighted by Crippen LogP contribution is -2.30. The lowest BCUT2D eigenvalue weighted by atomic mass is 10.1. The van der Waals surface area contributed by atoms with E-state index in [1.807, 2.05) is 0 Å². The van der Waals surface area contributed by atoms with Gasteiger partial charge in [0, 0.05) is 29.6 Å². The molecule has 0 saturated carbocycles. The van der Waals surface area contributed by atoms with Gasteiger partial charge in [0.1, 0.15) is 0 Å². The first-order valence-corrected chi connectivity index (χ1v) is 8.23. The summed E-state index contributed by atoms with van der Waals surface area (Å²) in [6, 6.07) is 19.8. The van der Waals surface area contributed by atoms with Crippen LogP contribution in [0.3, 0.4) is 0 Å². The zero-order valence-electron chi connectivity index (χ0n) is 12.6. The van der Waals surface area contributed by atoms with Crippen LogP contribution in [0.5, 0.6) is 0 Å². The third kappa shape index (κ3) is 5.27. The minimum absolute atomic E-state index is 0.368. The van der Waals surface area contributed by atoms with Crippen molar-refractivity contribution in [1.82, 2.24) is 10.6 Å². The van der Waals surface area contributed by atoms with E-state index in [-0.39, 0.29) is 0 Å². The summed E-state index contributed by atoms with van der Waals surface area (Å²) in [5.74, 6) is 0. The van der Waals surface area contributed by atoms with Crippen molar-refractivity contribution in [3.05, 3.63) is 70.2 Å². The summed E-state index contributed by atoms with van der Waals surface area (Å²) in [5, 5.41) is 7.09. The second-order valence-corrected chi connectivity index (χ2v) is 6.23. The number of benzene rings is 2. The standard InChI is InChI=1S/C18H23BrN2/c1-14(16-6-4-3-5-7-16)20-12-13-21-15(2)17-8-10-18(19)11-9-17/h3-11,14-15,20-21H,12-13H2,1-2H3/t14-,15-/m1/s1. The second kappa shape index (κ2) is 8.32. The summed E-state index contributed by atoms with van der Waals surface area (Å²) in [6.45, 7) is 6.31. The number of hydrogen-bond acceptors (Lipinski definition) is 2. The van der Waals surface area contributed by atoms with Gasteiger partial charge in [-0.3, -0.25) is 0 Å². The zero-order chi connectivity index (χ0) is 15.1. The van der Waals surface area contributed by atoms with E-state index in [2.05, 4.69) is 95.0 Å². The van der Waals surface area contributed by atoms with Crippen LogP contribution in [0.2, 0.25) is 0 Å². The van der Waals surface area contributed by atoms with Gasteiger partial charge in [0.05, 0.1) is 0 Å². The first-order valence-electron chi connectivity index (χ1n) is 7.44. The maximum absolute atomic E-state index is 3.55. The smallest absolute Gasteiger partial charge is 0.0292 e. The quantitative estimate of drug-likeness (QED) is 0.723. The van der Waals surface area contributed by atoms with Gasteiger partial charge in [-0.1, -0.05) is 58.4 Å². The van der Waals surface area contributed by atoms with Gasteiger partial charge in [-0.25, -0.2) is 0 Å². The molecular formula is C18H23BrN2. The van der Waals surface area contributed by atoms with E-state index in [1.54, 1.807) is 0 Å². The molecule has 0 radical (unpaired) electrons. The molecule has 0 aliphatic carbocycles. The molecule has 0 aliphatic heterocycles. The molecule has 112 valence electrons. The highest BCUT2D eigenvalue weighted by Gasteiger charge is 2.05. The molecule has 2 N–H and O–H groups in total. The molecule has 0 spiro atoms. The summed E-state index contributed by atoms with van der Waals surface area (Å²) in [4.78, 5) is 0.